The highest BCUT2D eigenvalue weighted by molar-refractivity contribution is 5.57. The number of hydrogen-bond donors (Lipinski definition) is 1. The maximum Gasteiger partial charge on any atom is 0.127 e. The first-order valence-corrected chi connectivity index (χ1v) is 6.70. The first-order chi connectivity index (χ1) is 8.63. The van der Waals surface area contributed by atoms with Crippen LogP contribution < -0.4 is 10.6 Å². The number of nitrogen functional groups attached to an aromatic ring is 1. The van der Waals surface area contributed by atoms with Gasteiger partial charge in [-0.15, -0.1) is 0 Å². The van der Waals surface area contributed by atoms with E-state index >= 15 is 0 Å². The third-order valence-electron chi connectivity index (χ3n) is 4.17. The normalized spacial score (nSPS) is 28.4. The Hall–Kier alpha value is -1.29. The van der Waals surface area contributed by atoms with Crippen LogP contribution in [0.1, 0.15) is 19.8 Å². The summed E-state index contributed by atoms with van der Waals surface area (Å²) in [6.07, 6.45) is 2.55. The van der Waals surface area contributed by atoms with Crippen molar-refractivity contribution >= 4 is 11.4 Å². The molecule has 2 saturated heterocycles. The van der Waals surface area contributed by atoms with Gasteiger partial charge < -0.3 is 10.6 Å². The predicted octanol–water partition coefficient (Wildman–Crippen LogP) is 2.08. The molecule has 3 nitrogen and oxygen atoms in total. The number of hydrogen-bond acceptors (Lipinski definition) is 3. The van der Waals surface area contributed by atoms with Gasteiger partial charge in [-0.3, -0.25) is 4.90 Å². The molecule has 2 aliphatic rings. The van der Waals surface area contributed by atoms with E-state index in [2.05, 4.69) is 16.7 Å². The van der Waals surface area contributed by atoms with E-state index in [1.807, 2.05) is 6.07 Å². The molecule has 0 aliphatic carbocycles. The number of halogens is 1. The third kappa shape index (κ3) is 2.05. The maximum atomic E-state index is 13.5. The molecule has 18 heavy (non-hydrogen) atoms. The lowest BCUT2D eigenvalue weighted by molar-refractivity contribution is 0.203. The lowest BCUT2D eigenvalue weighted by Gasteiger charge is -2.43. The number of fused-ring (bicyclic) bond motifs is 1. The van der Waals surface area contributed by atoms with Crippen molar-refractivity contribution in [3.8, 4) is 0 Å². The average molecular weight is 249 g/mol. The Balaban J connectivity index is 1.86. The maximum absolute atomic E-state index is 13.5. The minimum Gasteiger partial charge on any atom is -0.399 e. The Bertz CT molecular complexity index is 428. The molecule has 2 unspecified atom stereocenters. The quantitative estimate of drug-likeness (QED) is 0.773. The fourth-order valence-corrected chi connectivity index (χ4v) is 3.31. The molecular weight excluding hydrogens is 229 g/mol. The van der Waals surface area contributed by atoms with Gasteiger partial charge in [0.25, 0.3) is 0 Å². The number of rotatable bonds is 1. The number of nitrogens with zero attached hydrogens (tertiary/aromatic N) is 2. The highest BCUT2D eigenvalue weighted by Crippen LogP contribution is 2.30. The number of nitrogens with two attached hydrogens (primary N) is 1. The lowest BCUT2D eigenvalue weighted by Crippen LogP contribution is -2.55. The van der Waals surface area contributed by atoms with Gasteiger partial charge in [-0.25, -0.2) is 4.39 Å². The van der Waals surface area contributed by atoms with Gasteiger partial charge in [-0.2, -0.15) is 0 Å². The molecule has 3 rings (SSSR count). The second-order valence-electron chi connectivity index (χ2n) is 5.54. The highest BCUT2D eigenvalue weighted by Gasteiger charge is 2.34. The van der Waals surface area contributed by atoms with Crippen molar-refractivity contribution in [1.29, 1.82) is 0 Å². The van der Waals surface area contributed by atoms with Crippen molar-refractivity contribution < 1.29 is 4.39 Å². The highest BCUT2D eigenvalue weighted by atomic mass is 19.1. The summed E-state index contributed by atoms with van der Waals surface area (Å²) >= 11 is 0. The largest absolute Gasteiger partial charge is 0.399 e. The topological polar surface area (TPSA) is 32.5 Å². The van der Waals surface area contributed by atoms with Crippen LogP contribution in [0.2, 0.25) is 0 Å². The molecule has 2 fully saturated rings. The molecule has 0 bridgehead atoms. The number of piperazine rings is 1. The lowest BCUT2D eigenvalue weighted by atomic mass is 10.1. The molecule has 1 aromatic carbocycles. The van der Waals surface area contributed by atoms with Crippen molar-refractivity contribution in [2.24, 2.45) is 0 Å². The zero-order valence-electron chi connectivity index (χ0n) is 10.8. The summed E-state index contributed by atoms with van der Waals surface area (Å²) in [6, 6.07) is 5.90. The van der Waals surface area contributed by atoms with Gasteiger partial charge in [0, 0.05) is 36.5 Å². The smallest absolute Gasteiger partial charge is 0.127 e. The molecule has 0 aromatic heterocycles. The van der Waals surface area contributed by atoms with E-state index < -0.39 is 0 Å². The van der Waals surface area contributed by atoms with Crippen LogP contribution in [0.25, 0.3) is 0 Å². The average Bonchev–Trinajstić information content (AvgIpc) is 2.73. The van der Waals surface area contributed by atoms with E-state index in [1.165, 1.54) is 25.5 Å². The monoisotopic (exact) mass is 249 g/mol. The van der Waals surface area contributed by atoms with Gasteiger partial charge in [0.1, 0.15) is 5.82 Å². The van der Waals surface area contributed by atoms with Gasteiger partial charge in [0.2, 0.25) is 0 Å². The van der Waals surface area contributed by atoms with Gasteiger partial charge >= 0.3 is 0 Å². The molecule has 4 heteroatoms. The van der Waals surface area contributed by atoms with Gasteiger partial charge in [0.15, 0.2) is 0 Å². The van der Waals surface area contributed by atoms with E-state index in [-0.39, 0.29) is 5.82 Å². The van der Waals surface area contributed by atoms with Crippen LogP contribution in [0.5, 0.6) is 0 Å². The van der Waals surface area contributed by atoms with Crippen molar-refractivity contribution in [3.05, 3.63) is 24.0 Å². The van der Waals surface area contributed by atoms with Gasteiger partial charge in [-0.1, -0.05) is 0 Å². The van der Waals surface area contributed by atoms with E-state index in [0.717, 1.165) is 18.8 Å². The molecule has 0 saturated carbocycles. The van der Waals surface area contributed by atoms with E-state index in [4.69, 9.17) is 5.73 Å². The van der Waals surface area contributed by atoms with Crippen molar-refractivity contribution in [3.63, 3.8) is 0 Å². The fourth-order valence-electron chi connectivity index (χ4n) is 3.31. The number of anilines is 2. The Morgan fingerprint density at radius 2 is 2.11 bits per heavy atom. The second kappa shape index (κ2) is 4.43. The van der Waals surface area contributed by atoms with Crippen LogP contribution in [0.4, 0.5) is 15.8 Å². The molecule has 0 radical (unpaired) electrons. The van der Waals surface area contributed by atoms with Crippen LogP contribution in [0.15, 0.2) is 18.2 Å². The molecular formula is C14H20FN3. The summed E-state index contributed by atoms with van der Waals surface area (Å²) in [5.41, 5.74) is 7.17. The first kappa shape index (κ1) is 11.8. The summed E-state index contributed by atoms with van der Waals surface area (Å²) in [4.78, 5) is 4.86. The number of benzene rings is 1. The van der Waals surface area contributed by atoms with Gasteiger partial charge in [0.05, 0.1) is 0 Å². The van der Waals surface area contributed by atoms with Crippen molar-refractivity contribution in [1.82, 2.24) is 4.90 Å². The van der Waals surface area contributed by atoms with E-state index in [0.29, 0.717) is 17.8 Å². The van der Waals surface area contributed by atoms with Crippen LogP contribution in [-0.2, 0) is 0 Å². The Labute approximate surface area is 107 Å². The predicted molar refractivity (Wildman–Crippen MR) is 72.2 cm³/mol. The summed E-state index contributed by atoms with van der Waals surface area (Å²) in [7, 11) is 0. The molecule has 0 spiro atoms. The molecule has 98 valence electrons. The molecule has 2 atom stereocenters. The van der Waals surface area contributed by atoms with E-state index in [9.17, 15) is 4.39 Å². The Morgan fingerprint density at radius 1 is 1.28 bits per heavy atom. The third-order valence-corrected chi connectivity index (χ3v) is 4.17. The first-order valence-electron chi connectivity index (χ1n) is 6.70. The summed E-state index contributed by atoms with van der Waals surface area (Å²) in [5, 5.41) is 0. The van der Waals surface area contributed by atoms with Crippen LogP contribution in [0, 0.1) is 5.82 Å². The second-order valence-corrected chi connectivity index (χ2v) is 5.54. The summed E-state index contributed by atoms with van der Waals surface area (Å²) < 4.78 is 13.5. The SMILES string of the molecule is CC1CN2CCCC2CN1c1cc(N)cc(F)c1. The van der Waals surface area contributed by atoms with E-state index in [1.54, 1.807) is 6.07 Å². The molecule has 2 aliphatic heterocycles. The molecule has 2 heterocycles. The Morgan fingerprint density at radius 3 is 2.89 bits per heavy atom. The summed E-state index contributed by atoms with van der Waals surface area (Å²) in [5.74, 6) is -0.244. The standard InChI is InChI=1S/C14H20FN3/c1-10-8-17-4-2-3-13(17)9-18(10)14-6-11(15)5-12(16)7-14/h5-7,10,13H,2-4,8-9,16H2,1H3. The zero-order chi connectivity index (χ0) is 12.7. The Kier molecular flexibility index (Phi) is 2.90. The minimum atomic E-state index is -0.244. The minimum absolute atomic E-state index is 0.244. The molecule has 2 N–H and O–H groups in total. The van der Waals surface area contributed by atoms with Gasteiger partial charge in [-0.05, 0) is 44.5 Å². The van der Waals surface area contributed by atoms with Crippen molar-refractivity contribution in [2.75, 3.05) is 30.3 Å². The zero-order valence-corrected chi connectivity index (χ0v) is 10.8. The van der Waals surface area contributed by atoms with Crippen LogP contribution >= 0.6 is 0 Å². The van der Waals surface area contributed by atoms with Crippen LogP contribution in [0.3, 0.4) is 0 Å². The fraction of sp³-hybridized carbons (Fsp3) is 0.571. The molecule has 0 amide bonds. The molecule has 1 aromatic rings. The summed E-state index contributed by atoms with van der Waals surface area (Å²) in [6.45, 7) is 5.48. The van der Waals surface area contributed by atoms with Crippen LogP contribution in [-0.4, -0.2) is 36.6 Å². The van der Waals surface area contributed by atoms with Crippen molar-refractivity contribution in [2.45, 2.75) is 31.8 Å².